The van der Waals surface area contributed by atoms with Gasteiger partial charge in [-0.25, -0.2) is 0 Å². The van der Waals surface area contributed by atoms with Crippen molar-refractivity contribution in [1.29, 1.82) is 10.5 Å². The van der Waals surface area contributed by atoms with Gasteiger partial charge in [-0.15, -0.1) is 0 Å². The second-order valence-corrected chi connectivity index (χ2v) is 6.28. The molecule has 0 aromatic heterocycles. The third-order valence-electron chi connectivity index (χ3n) is 4.39. The summed E-state index contributed by atoms with van der Waals surface area (Å²) in [5.74, 6) is 0.110. The summed E-state index contributed by atoms with van der Waals surface area (Å²) < 4.78 is 0. The van der Waals surface area contributed by atoms with Gasteiger partial charge < -0.3 is 4.90 Å². The van der Waals surface area contributed by atoms with E-state index in [0.29, 0.717) is 5.92 Å². The molecule has 0 bridgehead atoms. The number of para-hydroxylation sites is 1. The molecule has 2 heterocycles. The van der Waals surface area contributed by atoms with Gasteiger partial charge >= 0.3 is 0 Å². The number of amides is 1. The normalized spacial score (nSPS) is 21.6. The molecule has 0 N–H and O–H groups in total. The summed E-state index contributed by atoms with van der Waals surface area (Å²) in [7, 11) is 0. The smallest absolute Gasteiger partial charge is 0.261 e. The highest BCUT2D eigenvalue weighted by atomic mass is 16.2. The molecule has 3 rings (SSSR count). The molecule has 21 heavy (non-hydrogen) atoms. The van der Waals surface area contributed by atoms with Crippen LogP contribution in [0, 0.1) is 22.7 Å². The van der Waals surface area contributed by atoms with Crippen molar-refractivity contribution >= 4 is 17.2 Å². The molecule has 0 saturated heterocycles. The van der Waals surface area contributed by atoms with Crippen molar-refractivity contribution in [3.8, 4) is 12.1 Å². The molecule has 0 fully saturated rings. The number of benzene rings is 1. The lowest BCUT2D eigenvalue weighted by molar-refractivity contribution is -0.114. The lowest BCUT2D eigenvalue weighted by Gasteiger charge is -2.43. The molecular formula is C17H15N3O. The van der Waals surface area contributed by atoms with Crippen molar-refractivity contribution in [3.05, 3.63) is 34.9 Å². The number of rotatable bonds is 0. The molecule has 104 valence electrons. The Labute approximate surface area is 123 Å². The van der Waals surface area contributed by atoms with E-state index in [2.05, 4.69) is 6.92 Å². The van der Waals surface area contributed by atoms with Crippen molar-refractivity contribution in [1.82, 2.24) is 0 Å². The first-order chi connectivity index (χ1) is 9.92. The first-order valence-electron chi connectivity index (χ1n) is 6.94. The number of allylic oxidation sites excluding steroid dienone is 1. The fraction of sp³-hybridized carbons (Fsp3) is 0.353. The maximum atomic E-state index is 12.8. The molecule has 0 spiro atoms. The minimum Gasteiger partial charge on any atom is -0.302 e. The molecule has 2 aliphatic rings. The number of nitriles is 2. The molecule has 1 aromatic rings. The van der Waals surface area contributed by atoms with E-state index >= 15 is 0 Å². The molecule has 1 atom stereocenters. The molecule has 0 saturated carbocycles. The lowest BCUT2D eigenvalue weighted by atomic mass is 9.80. The van der Waals surface area contributed by atoms with Crippen LogP contribution in [0.15, 0.2) is 23.8 Å². The Balaban J connectivity index is 2.40. The zero-order chi connectivity index (χ0) is 15.4. The van der Waals surface area contributed by atoms with E-state index in [0.717, 1.165) is 23.2 Å². The predicted molar refractivity (Wildman–Crippen MR) is 79.2 cm³/mol. The van der Waals surface area contributed by atoms with Gasteiger partial charge in [0.1, 0.15) is 17.7 Å². The van der Waals surface area contributed by atoms with Crippen LogP contribution in [0.1, 0.15) is 44.2 Å². The van der Waals surface area contributed by atoms with Gasteiger partial charge in [0.15, 0.2) is 0 Å². The second-order valence-electron chi connectivity index (χ2n) is 6.28. The standard InChI is InChI=1S/C17H15N3O/c1-10-7-17(2,3)20-15-12(10)5-4-6-13(15)14(16(20)21)11(8-18)9-19/h4-6,10H,7H2,1-3H3. The summed E-state index contributed by atoms with van der Waals surface area (Å²) in [4.78, 5) is 14.6. The highest BCUT2D eigenvalue weighted by Crippen LogP contribution is 2.51. The van der Waals surface area contributed by atoms with E-state index < -0.39 is 0 Å². The first kappa shape index (κ1) is 13.4. The van der Waals surface area contributed by atoms with E-state index in [1.54, 1.807) is 4.90 Å². The van der Waals surface area contributed by atoms with Crippen molar-refractivity contribution in [2.45, 2.75) is 38.6 Å². The number of carbonyl (C=O) groups excluding carboxylic acids is 1. The third kappa shape index (κ3) is 1.63. The fourth-order valence-electron chi connectivity index (χ4n) is 3.65. The molecule has 2 aliphatic heterocycles. The minimum absolute atomic E-state index is 0.105. The number of hydrogen-bond donors (Lipinski definition) is 0. The van der Waals surface area contributed by atoms with Crippen molar-refractivity contribution in [2.24, 2.45) is 0 Å². The van der Waals surface area contributed by atoms with Crippen LogP contribution in [-0.2, 0) is 4.79 Å². The largest absolute Gasteiger partial charge is 0.302 e. The number of hydrogen-bond acceptors (Lipinski definition) is 3. The maximum Gasteiger partial charge on any atom is 0.261 e. The van der Waals surface area contributed by atoms with Gasteiger partial charge in [0.05, 0.1) is 11.3 Å². The highest BCUT2D eigenvalue weighted by Gasteiger charge is 2.47. The third-order valence-corrected chi connectivity index (χ3v) is 4.39. The van der Waals surface area contributed by atoms with Crippen LogP contribution >= 0.6 is 0 Å². The summed E-state index contributed by atoms with van der Waals surface area (Å²) in [5, 5.41) is 18.3. The monoisotopic (exact) mass is 277 g/mol. The lowest BCUT2D eigenvalue weighted by Crippen LogP contribution is -2.49. The van der Waals surface area contributed by atoms with Crippen molar-refractivity contribution in [2.75, 3.05) is 4.90 Å². The minimum atomic E-state index is -0.322. The van der Waals surface area contributed by atoms with E-state index in [1.165, 1.54) is 0 Å². The highest BCUT2D eigenvalue weighted by molar-refractivity contribution is 6.35. The van der Waals surface area contributed by atoms with E-state index in [-0.39, 0.29) is 22.6 Å². The fourth-order valence-corrected chi connectivity index (χ4v) is 3.65. The Morgan fingerprint density at radius 1 is 1.33 bits per heavy atom. The quantitative estimate of drug-likeness (QED) is 0.540. The van der Waals surface area contributed by atoms with Gasteiger partial charge in [-0.3, -0.25) is 4.79 Å². The molecular weight excluding hydrogens is 262 g/mol. The van der Waals surface area contributed by atoms with Crippen LogP contribution in [0.4, 0.5) is 5.69 Å². The Hall–Kier alpha value is -2.59. The van der Waals surface area contributed by atoms with Gasteiger partial charge in [-0.1, -0.05) is 25.1 Å². The molecule has 1 aromatic carbocycles. The Bertz CT molecular complexity index is 758. The average molecular weight is 277 g/mol. The number of nitrogens with zero attached hydrogens (tertiary/aromatic N) is 3. The molecule has 0 radical (unpaired) electrons. The summed E-state index contributed by atoms with van der Waals surface area (Å²) in [6.45, 7) is 6.21. The summed E-state index contributed by atoms with van der Waals surface area (Å²) >= 11 is 0. The summed E-state index contributed by atoms with van der Waals surface area (Å²) in [6, 6.07) is 9.47. The van der Waals surface area contributed by atoms with Crippen molar-refractivity contribution in [3.63, 3.8) is 0 Å². The zero-order valence-corrected chi connectivity index (χ0v) is 12.3. The zero-order valence-electron chi connectivity index (χ0n) is 12.3. The topological polar surface area (TPSA) is 67.9 Å². The molecule has 4 heteroatoms. The Kier molecular flexibility index (Phi) is 2.68. The van der Waals surface area contributed by atoms with Crippen molar-refractivity contribution < 1.29 is 4.79 Å². The van der Waals surface area contributed by atoms with E-state index in [1.807, 2.05) is 44.2 Å². The SMILES string of the molecule is CC1CC(C)(C)N2C(=O)C(=C(C#N)C#N)c3cccc1c32. The second kappa shape index (κ2) is 4.20. The first-order valence-corrected chi connectivity index (χ1v) is 6.94. The Morgan fingerprint density at radius 2 is 2.00 bits per heavy atom. The van der Waals surface area contributed by atoms with Crippen LogP contribution in [0.3, 0.4) is 0 Å². The number of carbonyl (C=O) groups is 1. The van der Waals surface area contributed by atoms with Crippen LogP contribution in [0.25, 0.3) is 5.57 Å². The molecule has 1 unspecified atom stereocenters. The van der Waals surface area contributed by atoms with Gasteiger partial charge in [-0.05, 0) is 31.7 Å². The maximum absolute atomic E-state index is 12.8. The van der Waals surface area contributed by atoms with Gasteiger partial charge in [-0.2, -0.15) is 10.5 Å². The Morgan fingerprint density at radius 3 is 2.62 bits per heavy atom. The number of anilines is 1. The van der Waals surface area contributed by atoms with Crippen LogP contribution in [0.5, 0.6) is 0 Å². The van der Waals surface area contributed by atoms with Crippen LogP contribution in [0.2, 0.25) is 0 Å². The van der Waals surface area contributed by atoms with Crippen LogP contribution in [-0.4, -0.2) is 11.4 Å². The molecule has 0 aliphatic carbocycles. The molecule has 1 amide bonds. The molecule has 4 nitrogen and oxygen atoms in total. The predicted octanol–water partition coefficient (Wildman–Crippen LogP) is 3.12. The van der Waals surface area contributed by atoms with Crippen LogP contribution < -0.4 is 4.90 Å². The van der Waals surface area contributed by atoms with E-state index in [9.17, 15) is 4.79 Å². The average Bonchev–Trinajstić information content (AvgIpc) is 2.72. The van der Waals surface area contributed by atoms with Gasteiger partial charge in [0.2, 0.25) is 0 Å². The van der Waals surface area contributed by atoms with Gasteiger partial charge in [0, 0.05) is 11.1 Å². The van der Waals surface area contributed by atoms with E-state index in [4.69, 9.17) is 10.5 Å². The summed E-state index contributed by atoms with van der Waals surface area (Å²) in [5.41, 5.74) is 2.53. The van der Waals surface area contributed by atoms with Gasteiger partial charge in [0.25, 0.3) is 5.91 Å². The summed E-state index contributed by atoms with van der Waals surface area (Å²) in [6.07, 6.45) is 0.858.